The normalized spacial score (nSPS) is 14.1. The highest BCUT2D eigenvalue weighted by Crippen LogP contribution is 2.15. The number of phenolic OH excluding ortho intramolecular Hbond substituents is 2. The highest BCUT2D eigenvalue weighted by molar-refractivity contribution is 5.98. The largest absolute Gasteiger partial charge is 0.508 e. The van der Waals surface area contributed by atoms with E-state index in [1.807, 2.05) is 5.32 Å². The average molecular weight is 879 g/mol. The molecule has 0 spiro atoms. The Hall–Kier alpha value is -7.59. The van der Waals surface area contributed by atoms with Gasteiger partial charge in [-0.1, -0.05) is 54.6 Å². The number of primary amides is 1. The summed E-state index contributed by atoms with van der Waals surface area (Å²) in [6, 6.07) is 9.35. The van der Waals surface area contributed by atoms with Gasteiger partial charge in [0.25, 0.3) is 0 Å². The molecule has 338 valence electrons. The van der Waals surface area contributed by atoms with Crippen LogP contribution in [0.4, 0.5) is 0 Å². The maximum atomic E-state index is 14.2. The van der Waals surface area contributed by atoms with Gasteiger partial charge in [0.2, 0.25) is 41.4 Å². The van der Waals surface area contributed by atoms with Crippen LogP contribution in [0.5, 0.6) is 11.5 Å². The van der Waals surface area contributed by atoms with E-state index in [-0.39, 0.29) is 30.8 Å². The van der Waals surface area contributed by atoms with Crippen molar-refractivity contribution in [1.29, 1.82) is 0 Å². The summed E-state index contributed by atoms with van der Waals surface area (Å²) in [6.45, 7) is 0.558. The van der Waals surface area contributed by atoms with E-state index in [0.29, 0.717) is 16.7 Å². The summed E-state index contributed by atoms with van der Waals surface area (Å²) < 4.78 is 0. The van der Waals surface area contributed by atoms with Gasteiger partial charge in [0.05, 0.1) is 25.5 Å². The SMILES string of the molecule is C[C@@H](O)[C@H](NC(=O)[C@H](CC(=O)O)NC(=O)[C@H](Cc1ccccc1)NC(=O)[C@H](Cc1ccc(O)cc1)NC(=O)[C@H](Cc1ccc(O)cc1)NC(=O)CN)C(=O)N[C@@H](CC(N)=O)C(=O)O. The summed E-state index contributed by atoms with van der Waals surface area (Å²) in [5.41, 5.74) is 12.0. The van der Waals surface area contributed by atoms with Crippen molar-refractivity contribution in [1.82, 2.24) is 31.9 Å². The third kappa shape index (κ3) is 16.8. The van der Waals surface area contributed by atoms with Crippen LogP contribution in [0.25, 0.3) is 0 Å². The minimum absolute atomic E-state index is 0.0545. The Morgan fingerprint density at radius 2 is 0.921 bits per heavy atom. The fourth-order valence-electron chi connectivity index (χ4n) is 5.99. The molecular weight excluding hydrogens is 828 g/mol. The fraction of sp³-hybridized carbons (Fsp3) is 0.341. The van der Waals surface area contributed by atoms with E-state index in [9.17, 15) is 68.7 Å². The first kappa shape index (κ1) is 49.8. The van der Waals surface area contributed by atoms with Gasteiger partial charge in [-0.25, -0.2) is 4.79 Å². The minimum Gasteiger partial charge on any atom is -0.508 e. The molecule has 0 aromatic heterocycles. The summed E-state index contributed by atoms with van der Waals surface area (Å²) in [4.78, 5) is 116. The number of aromatic hydroxyl groups is 2. The molecule has 63 heavy (non-hydrogen) atoms. The number of benzene rings is 3. The van der Waals surface area contributed by atoms with Crippen LogP contribution in [-0.2, 0) is 62.4 Å². The molecule has 22 nitrogen and oxygen atoms in total. The van der Waals surface area contributed by atoms with Gasteiger partial charge in [-0.3, -0.25) is 38.4 Å². The molecule has 7 atom stereocenters. The predicted octanol–water partition coefficient (Wildman–Crippen LogP) is -3.19. The minimum atomic E-state index is -1.97. The van der Waals surface area contributed by atoms with E-state index in [4.69, 9.17) is 11.5 Å². The molecule has 0 heterocycles. The summed E-state index contributed by atoms with van der Waals surface area (Å²) in [5, 5.41) is 62.9. The van der Waals surface area contributed by atoms with Gasteiger partial charge in [0.15, 0.2) is 0 Å². The van der Waals surface area contributed by atoms with Crippen molar-refractivity contribution in [2.24, 2.45) is 11.5 Å². The molecule has 0 unspecified atom stereocenters. The average Bonchev–Trinajstić information content (AvgIpc) is 3.22. The lowest BCUT2D eigenvalue weighted by molar-refractivity contribution is -0.145. The van der Waals surface area contributed by atoms with E-state index >= 15 is 0 Å². The van der Waals surface area contributed by atoms with Crippen molar-refractivity contribution in [3.8, 4) is 11.5 Å². The Balaban J connectivity index is 1.96. The molecule has 15 N–H and O–H groups in total. The first-order chi connectivity index (χ1) is 29.8. The van der Waals surface area contributed by atoms with Gasteiger partial charge in [-0.05, 0) is 47.9 Å². The van der Waals surface area contributed by atoms with Gasteiger partial charge < -0.3 is 68.9 Å². The zero-order chi connectivity index (χ0) is 46.8. The summed E-state index contributed by atoms with van der Waals surface area (Å²) >= 11 is 0. The Labute approximate surface area is 359 Å². The molecule has 7 amide bonds. The lowest BCUT2D eigenvalue weighted by Gasteiger charge is -2.28. The van der Waals surface area contributed by atoms with Gasteiger partial charge in [0, 0.05) is 19.3 Å². The first-order valence-corrected chi connectivity index (χ1v) is 19.3. The number of phenols is 2. The van der Waals surface area contributed by atoms with Gasteiger partial charge in [-0.2, -0.15) is 0 Å². The Morgan fingerprint density at radius 3 is 1.32 bits per heavy atom. The number of nitrogens with one attached hydrogen (secondary N) is 6. The summed E-state index contributed by atoms with van der Waals surface area (Å²) in [5.74, 6) is -10.8. The van der Waals surface area contributed by atoms with Crippen molar-refractivity contribution < 1.29 is 68.7 Å². The topological polar surface area (TPSA) is 379 Å². The smallest absolute Gasteiger partial charge is 0.326 e. The number of hydrogen-bond acceptors (Lipinski definition) is 13. The second-order valence-electron chi connectivity index (χ2n) is 14.3. The number of carbonyl (C=O) groups is 9. The Kier molecular flexibility index (Phi) is 19.0. The van der Waals surface area contributed by atoms with Crippen molar-refractivity contribution in [2.45, 2.75) is 81.4 Å². The third-order valence-corrected chi connectivity index (χ3v) is 9.23. The second kappa shape index (κ2) is 24.0. The standard InChI is InChI=1S/C41H50N8O14/c1-21(50)35(40(61)48-31(41(62)63)18-32(43)53)49-39(60)30(19-34(55)56)47-38(59)28(15-22-5-3-2-4-6-22)46-37(58)29(17-24-9-13-26(52)14-10-24)45-36(57)27(44-33(54)20-42)16-23-7-11-25(51)12-8-23/h2-14,21,27-31,35,50-52H,15-20,42H2,1H3,(H2,43,53)(H,44,54)(H,45,57)(H,46,58)(H,47,59)(H,48,61)(H,49,60)(H,55,56)(H,62,63)/t21-,27+,28+,29+,30+,31+,35+/m1/s1. The molecule has 0 aliphatic heterocycles. The number of hydrogen-bond donors (Lipinski definition) is 13. The number of carboxylic acids is 2. The van der Waals surface area contributed by atoms with E-state index in [0.717, 1.165) is 6.92 Å². The van der Waals surface area contributed by atoms with E-state index in [1.54, 1.807) is 30.3 Å². The molecule has 0 fully saturated rings. The van der Waals surface area contributed by atoms with E-state index < -0.39 is 115 Å². The fourth-order valence-corrected chi connectivity index (χ4v) is 5.99. The van der Waals surface area contributed by atoms with Crippen molar-refractivity contribution in [2.75, 3.05) is 6.54 Å². The van der Waals surface area contributed by atoms with Crippen LogP contribution in [0.1, 0.15) is 36.5 Å². The summed E-state index contributed by atoms with van der Waals surface area (Å²) in [7, 11) is 0. The maximum Gasteiger partial charge on any atom is 0.326 e. The molecule has 0 saturated carbocycles. The quantitative estimate of drug-likeness (QED) is 0.0422. The van der Waals surface area contributed by atoms with Gasteiger partial charge in [-0.15, -0.1) is 0 Å². The molecule has 3 rings (SSSR count). The predicted molar refractivity (Wildman–Crippen MR) is 220 cm³/mol. The molecule has 0 saturated heterocycles. The van der Waals surface area contributed by atoms with Crippen molar-refractivity contribution in [3.05, 3.63) is 95.6 Å². The van der Waals surface area contributed by atoms with Crippen LogP contribution in [0.15, 0.2) is 78.9 Å². The molecule has 0 bridgehead atoms. The van der Waals surface area contributed by atoms with Gasteiger partial charge >= 0.3 is 11.9 Å². The monoisotopic (exact) mass is 878 g/mol. The third-order valence-electron chi connectivity index (χ3n) is 9.23. The van der Waals surface area contributed by atoms with Crippen LogP contribution >= 0.6 is 0 Å². The number of carbonyl (C=O) groups excluding carboxylic acids is 7. The highest BCUT2D eigenvalue weighted by Gasteiger charge is 2.36. The maximum absolute atomic E-state index is 14.2. The Morgan fingerprint density at radius 1 is 0.524 bits per heavy atom. The van der Waals surface area contributed by atoms with Gasteiger partial charge in [0.1, 0.15) is 47.8 Å². The second-order valence-corrected chi connectivity index (χ2v) is 14.3. The molecule has 0 radical (unpaired) electrons. The molecule has 0 aliphatic rings. The number of nitrogens with two attached hydrogens (primary N) is 2. The zero-order valence-electron chi connectivity index (χ0n) is 33.9. The number of amides is 7. The number of aliphatic hydroxyl groups is 1. The van der Waals surface area contributed by atoms with Crippen LogP contribution in [0.3, 0.4) is 0 Å². The lowest BCUT2D eigenvalue weighted by atomic mass is 10.0. The molecule has 0 aliphatic carbocycles. The highest BCUT2D eigenvalue weighted by atomic mass is 16.4. The van der Waals surface area contributed by atoms with Crippen LogP contribution in [0.2, 0.25) is 0 Å². The molecule has 3 aromatic rings. The lowest BCUT2D eigenvalue weighted by Crippen LogP contribution is -2.61. The Bertz CT molecular complexity index is 2100. The van der Waals surface area contributed by atoms with E-state index in [1.165, 1.54) is 48.5 Å². The van der Waals surface area contributed by atoms with Crippen LogP contribution < -0.4 is 43.4 Å². The number of rotatable bonds is 24. The van der Waals surface area contributed by atoms with E-state index in [2.05, 4.69) is 26.6 Å². The van der Waals surface area contributed by atoms with Crippen LogP contribution in [0, 0.1) is 0 Å². The molecule has 22 heteroatoms. The molecular formula is C41H50N8O14. The zero-order valence-corrected chi connectivity index (χ0v) is 33.9. The van der Waals surface area contributed by atoms with Crippen molar-refractivity contribution >= 4 is 53.3 Å². The summed E-state index contributed by atoms with van der Waals surface area (Å²) in [6.07, 6.45) is -4.27. The molecule has 3 aromatic carbocycles. The van der Waals surface area contributed by atoms with Crippen LogP contribution in [-0.4, -0.2) is 128 Å². The number of aliphatic carboxylic acids is 2. The number of carboxylic acid groups (broad SMARTS) is 2. The van der Waals surface area contributed by atoms with Crippen molar-refractivity contribution in [3.63, 3.8) is 0 Å². The first-order valence-electron chi connectivity index (χ1n) is 19.3. The number of aliphatic hydroxyl groups excluding tert-OH is 1.